The molecular formula is C24H50MnO6S2. The summed E-state index contributed by atoms with van der Waals surface area (Å²) < 4.78 is 61.9. The zero-order chi connectivity index (χ0) is 24.6. The molecule has 0 saturated heterocycles. The number of hydrogen-bond donors (Lipinski definition) is 0. The molecule has 33 heavy (non-hydrogen) atoms. The molecular weight excluding hydrogens is 503 g/mol. The van der Waals surface area contributed by atoms with Gasteiger partial charge in [0.15, 0.2) is 0 Å². The van der Waals surface area contributed by atoms with E-state index >= 15 is 0 Å². The second-order valence-corrected chi connectivity index (χ2v) is 11.9. The smallest absolute Gasteiger partial charge is 0.748 e. The van der Waals surface area contributed by atoms with Crippen molar-refractivity contribution in [2.24, 2.45) is 0 Å². The quantitative estimate of drug-likeness (QED) is 0.0818. The van der Waals surface area contributed by atoms with Crippen molar-refractivity contribution in [3.8, 4) is 0 Å². The molecule has 0 amide bonds. The van der Waals surface area contributed by atoms with Crippen LogP contribution in [0.15, 0.2) is 0 Å². The van der Waals surface area contributed by atoms with Crippen LogP contribution in [-0.4, -0.2) is 37.4 Å². The Labute approximate surface area is 216 Å². The van der Waals surface area contributed by atoms with Gasteiger partial charge in [-0.15, -0.1) is 0 Å². The zero-order valence-electron chi connectivity index (χ0n) is 21.2. The molecule has 6 nitrogen and oxygen atoms in total. The van der Waals surface area contributed by atoms with Gasteiger partial charge in [0.25, 0.3) is 0 Å². The van der Waals surface area contributed by atoms with Gasteiger partial charge in [-0.05, 0) is 12.8 Å². The van der Waals surface area contributed by atoms with Crippen molar-refractivity contribution in [3.05, 3.63) is 0 Å². The molecule has 0 rings (SSSR count). The van der Waals surface area contributed by atoms with Gasteiger partial charge in [-0.25, -0.2) is 16.8 Å². The van der Waals surface area contributed by atoms with Crippen LogP contribution < -0.4 is 0 Å². The standard InChI is InChI=1S/2C12H26O3S.Mn/c2*1-2-3-4-5-6-7-8-9-10-11-12-16(13,14)15;/h2*2-12H2,1H3,(H,13,14,15);/q;;+2/p-2. The fraction of sp³-hybridized carbons (Fsp3) is 1.00. The van der Waals surface area contributed by atoms with Crippen molar-refractivity contribution in [2.45, 2.75) is 142 Å². The third-order valence-corrected chi connectivity index (χ3v) is 7.07. The summed E-state index contributed by atoms with van der Waals surface area (Å²) in [5.41, 5.74) is 0. The molecule has 0 aromatic heterocycles. The Kier molecular flexibility index (Phi) is 30.9. The minimum absolute atomic E-state index is 0. The van der Waals surface area contributed by atoms with Crippen LogP contribution in [0, 0.1) is 0 Å². The van der Waals surface area contributed by atoms with Crippen LogP contribution in [0.1, 0.15) is 142 Å². The molecule has 0 spiro atoms. The van der Waals surface area contributed by atoms with Gasteiger partial charge < -0.3 is 9.11 Å². The van der Waals surface area contributed by atoms with Crippen molar-refractivity contribution in [1.29, 1.82) is 0 Å². The molecule has 0 aromatic carbocycles. The summed E-state index contributed by atoms with van der Waals surface area (Å²) in [5.74, 6) is -0.382. The molecule has 0 heterocycles. The number of rotatable bonds is 22. The van der Waals surface area contributed by atoms with Crippen molar-refractivity contribution >= 4 is 20.2 Å². The van der Waals surface area contributed by atoms with E-state index in [2.05, 4.69) is 13.8 Å². The molecule has 0 N–H and O–H groups in total. The van der Waals surface area contributed by atoms with Crippen molar-refractivity contribution in [1.82, 2.24) is 0 Å². The maximum atomic E-state index is 10.3. The normalized spacial score (nSPS) is 11.5. The average Bonchev–Trinajstić information content (AvgIpc) is 2.70. The first-order chi connectivity index (χ1) is 15.1. The first kappa shape index (κ1) is 37.9. The van der Waals surface area contributed by atoms with Crippen LogP contribution in [-0.2, 0) is 37.3 Å². The maximum Gasteiger partial charge on any atom is 2.00 e. The summed E-state index contributed by atoms with van der Waals surface area (Å²) in [6, 6.07) is 0. The molecule has 0 aliphatic carbocycles. The maximum absolute atomic E-state index is 10.3. The zero-order valence-corrected chi connectivity index (χ0v) is 24.0. The molecule has 0 atom stereocenters. The first-order valence-electron chi connectivity index (χ1n) is 13.0. The van der Waals surface area contributed by atoms with Crippen molar-refractivity contribution < 1.29 is 43.0 Å². The number of hydrogen-bond acceptors (Lipinski definition) is 6. The predicted octanol–water partition coefficient (Wildman–Crippen LogP) is 6.90. The minimum atomic E-state index is -3.98. The van der Waals surface area contributed by atoms with Crippen LogP contribution in [0.5, 0.6) is 0 Å². The number of unbranched alkanes of at least 4 members (excludes halogenated alkanes) is 18. The fourth-order valence-electron chi connectivity index (χ4n) is 3.53. The second-order valence-electron chi connectivity index (χ2n) is 8.89. The summed E-state index contributed by atoms with van der Waals surface area (Å²) in [4.78, 5) is 0. The summed E-state index contributed by atoms with van der Waals surface area (Å²) in [5, 5.41) is 0. The van der Waals surface area contributed by atoms with E-state index in [1.165, 1.54) is 89.9 Å². The molecule has 0 bridgehead atoms. The van der Waals surface area contributed by atoms with E-state index in [4.69, 9.17) is 0 Å². The van der Waals surface area contributed by atoms with Gasteiger partial charge in [-0.1, -0.05) is 129 Å². The molecule has 0 unspecified atom stereocenters. The van der Waals surface area contributed by atoms with Crippen LogP contribution >= 0.6 is 0 Å². The molecule has 0 aromatic rings. The summed E-state index contributed by atoms with van der Waals surface area (Å²) in [6.07, 6.45) is 22.9. The van der Waals surface area contributed by atoms with Crippen molar-refractivity contribution in [3.63, 3.8) is 0 Å². The van der Waals surface area contributed by atoms with Gasteiger partial charge >= 0.3 is 17.1 Å². The van der Waals surface area contributed by atoms with E-state index in [0.717, 1.165) is 25.7 Å². The van der Waals surface area contributed by atoms with E-state index in [1.54, 1.807) is 0 Å². The SMILES string of the molecule is CCCCCCCCCCCCS(=O)(=O)[O-].CCCCCCCCCCCCS(=O)(=O)[O-].[Mn+2]. The van der Waals surface area contributed by atoms with Gasteiger partial charge in [0.2, 0.25) is 0 Å². The Bertz CT molecular complexity index is 528. The third-order valence-electron chi connectivity index (χ3n) is 5.50. The molecule has 0 fully saturated rings. The van der Waals surface area contributed by atoms with Gasteiger partial charge in [0.05, 0.1) is 20.2 Å². The van der Waals surface area contributed by atoms with E-state index in [0.29, 0.717) is 12.8 Å². The largest absolute Gasteiger partial charge is 2.00 e. The Morgan fingerprint density at radius 1 is 0.394 bits per heavy atom. The topological polar surface area (TPSA) is 114 Å². The minimum Gasteiger partial charge on any atom is -0.748 e. The van der Waals surface area contributed by atoms with E-state index < -0.39 is 20.2 Å². The Balaban J connectivity index is -0.000000529. The molecule has 0 saturated carbocycles. The fourth-order valence-corrected chi connectivity index (χ4v) is 4.65. The van der Waals surface area contributed by atoms with Crippen LogP contribution in [0.4, 0.5) is 0 Å². The molecule has 9 heteroatoms. The first-order valence-corrected chi connectivity index (χ1v) is 16.1. The van der Waals surface area contributed by atoms with E-state index in [-0.39, 0.29) is 28.6 Å². The predicted molar refractivity (Wildman–Crippen MR) is 133 cm³/mol. The molecule has 1 radical (unpaired) electrons. The van der Waals surface area contributed by atoms with Crippen LogP contribution in [0.3, 0.4) is 0 Å². The van der Waals surface area contributed by atoms with Gasteiger partial charge in [0, 0.05) is 11.5 Å². The van der Waals surface area contributed by atoms with Crippen LogP contribution in [0.2, 0.25) is 0 Å². The monoisotopic (exact) mass is 553 g/mol. The second kappa shape index (κ2) is 26.9. The molecule has 201 valence electrons. The van der Waals surface area contributed by atoms with E-state index in [9.17, 15) is 25.9 Å². The summed E-state index contributed by atoms with van der Waals surface area (Å²) >= 11 is 0. The summed E-state index contributed by atoms with van der Waals surface area (Å²) in [6.45, 7) is 4.42. The Morgan fingerprint density at radius 2 is 0.576 bits per heavy atom. The van der Waals surface area contributed by atoms with Gasteiger partial charge in [-0.2, -0.15) is 0 Å². The van der Waals surface area contributed by atoms with Crippen LogP contribution in [0.25, 0.3) is 0 Å². The molecule has 0 aliphatic rings. The van der Waals surface area contributed by atoms with Crippen molar-refractivity contribution in [2.75, 3.05) is 11.5 Å². The average molecular weight is 554 g/mol. The summed E-state index contributed by atoms with van der Waals surface area (Å²) in [7, 11) is -7.96. The molecule has 0 aliphatic heterocycles. The Hall–Kier alpha value is 0.339. The van der Waals surface area contributed by atoms with Gasteiger partial charge in [0.1, 0.15) is 0 Å². The van der Waals surface area contributed by atoms with Gasteiger partial charge in [-0.3, -0.25) is 0 Å². The van der Waals surface area contributed by atoms with E-state index in [1.807, 2.05) is 0 Å². The Morgan fingerprint density at radius 3 is 0.758 bits per heavy atom. The third kappa shape index (κ3) is 42.9.